The molecule has 1 aliphatic carbocycles. The predicted octanol–water partition coefficient (Wildman–Crippen LogP) is 3.72. The lowest BCUT2D eigenvalue weighted by Gasteiger charge is -2.21. The van der Waals surface area contributed by atoms with Gasteiger partial charge in [-0.25, -0.2) is 9.55 Å². The molecule has 0 aliphatic heterocycles. The number of aromatic nitrogens is 3. The lowest BCUT2D eigenvalue weighted by atomic mass is 9.80. The fraction of sp³-hybridized carbons (Fsp3) is 0.435. The molecule has 4 rings (SSSR count). The van der Waals surface area contributed by atoms with Crippen LogP contribution in [0, 0.1) is 6.92 Å². The van der Waals surface area contributed by atoms with Crippen LogP contribution in [-0.4, -0.2) is 35.3 Å². The van der Waals surface area contributed by atoms with Gasteiger partial charge in [-0.05, 0) is 64.8 Å². The van der Waals surface area contributed by atoms with Crippen molar-refractivity contribution in [3.05, 3.63) is 46.8 Å². The number of carbonyl (C=O) groups is 1. The molecule has 8 nitrogen and oxygen atoms in total. The highest BCUT2D eigenvalue weighted by Gasteiger charge is 2.50. The number of nitrogens with zero attached hydrogens (tertiary/aromatic N) is 2. The molecule has 0 spiro atoms. The number of Topliss-reactive ketones (excluding diaryl/α,β-unsaturated/α-hetero) is 1. The topological polar surface area (TPSA) is 113 Å². The summed E-state index contributed by atoms with van der Waals surface area (Å²) in [5.74, 6) is 1.33. The molecule has 0 saturated heterocycles. The highest BCUT2D eigenvalue weighted by molar-refractivity contribution is 8.69. The van der Waals surface area contributed by atoms with E-state index in [4.69, 9.17) is 9.72 Å². The average Bonchev–Trinajstić information content (AvgIpc) is 3.19. The fourth-order valence-corrected chi connectivity index (χ4v) is 6.11. The van der Waals surface area contributed by atoms with Gasteiger partial charge in [-0.1, -0.05) is 4.98 Å². The SMILES string of the molecule is CCOc1cc[n+](-c2nc3cc4c(cc3[nH]2)C(C)(C)C(=O)C4(C)C)c(CSS(=O)(=O)O)c1C. The first kappa shape index (κ1) is 23.7. The smallest absolute Gasteiger partial charge is 0.402 e. The summed E-state index contributed by atoms with van der Waals surface area (Å²) >= 11 is 0. The molecule has 2 heterocycles. The largest absolute Gasteiger partial charge is 0.493 e. The van der Waals surface area contributed by atoms with Crippen molar-refractivity contribution in [2.24, 2.45) is 0 Å². The Morgan fingerprint density at radius 1 is 1.18 bits per heavy atom. The zero-order valence-corrected chi connectivity index (χ0v) is 21.1. The molecule has 3 aromatic rings. The van der Waals surface area contributed by atoms with Gasteiger partial charge in [-0.3, -0.25) is 9.35 Å². The standard InChI is InChI=1S/C23H27N3O5S2/c1-7-31-19-8-9-26(18(13(19)2)12-32-33(28,29)30)21-24-16-10-14-15(11-17(16)25-21)23(5,6)20(27)22(14,3)4/h8-11H,7,12H2,1-6H3,(H-,24,25,28,29,30)/p+1. The van der Waals surface area contributed by atoms with Crippen molar-refractivity contribution < 1.29 is 27.1 Å². The van der Waals surface area contributed by atoms with Crippen molar-refractivity contribution in [1.29, 1.82) is 0 Å². The molecule has 0 fully saturated rings. The van der Waals surface area contributed by atoms with E-state index >= 15 is 0 Å². The van der Waals surface area contributed by atoms with E-state index in [1.165, 1.54) is 0 Å². The number of aromatic amines is 1. The number of imidazole rings is 1. The van der Waals surface area contributed by atoms with E-state index in [0.717, 1.165) is 27.7 Å². The highest BCUT2D eigenvalue weighted by Crippen LogP contribution is 2.47. The molecule has 1 aliphatic rings. The third kappa shape index (κ3) is 3.94. The molecule has 2 aromatic heterocycles. The summed E-state index contributed by atoms with van der Waals surface area (Å²) in [7, 11) is -3.79. The molecule has 10 heteroatoms. The zero-order valence-electron chi connectivity index (χ0n) is 19.5. The van der Waals surface area contributed by atoms with Gasteiger partial charge >= 0.3 is 15.1 Å². The minimum Gasteiger partial charge on any atom is -0.493 e. The fourth-order valence-electron chi connectivity index (χ4n) is 4.72. The van der Waals surface area contributed by atoms with Gasteiger partial charge in [-0.15, -0.1) is 0 Å². The second kappa shape index (κ2) is 7.82. The Morgan fingerprint density at radius 3 is 2.42 bits per heavy atom. The lowest BCUT2D eigenvalue weighted by Crippen LogP contribution is -2.37. The van der Waals surface area contributed by atoms with E-state index in [1.54, 1.807) is 16.8 Å². The zero-order chi connectivity index (χ0) is 24.3. The van der Waals surface area contributed by atoms with Gasteiger partial charge in [0.25, 0.3) is 0 Å². The Labute approximate surface area is 196 Å². The first-order chi connectivity index (χ1) is 15.3. The maximum absolute atomic E-state index is 13.0. The number of hydrogen-bond donors (Lipinski definition) is 2. The van der Waals surface area contributed by atoms with Gasteiger partial charge in [0.15, 0.2) is 11.3 Å². The summed E-state index contributed by atoms with van der Waals surface area (Å²) in [5, 5.41) is 0. The van der Waals surface area contributed by atoms with Crippen LogP contribution in [0.25, 0.3) is 17.0 Å². The number of hydrogen-bond acceptors (Lipinski definition) is 6. The average molecular weight is 491 g/mol. The number of H-pyrrole nitrogens is 1. The minimum absolute atomic E-state index is 0.00763. The van der Waals surface area contributed by atoms with Gasteiger partial charge in [0, 0.05) is 33.3 Å². The third-order valence-corrected chi connectivity index (χ3v) is 8.37. The van der Waals surface area contributed by atoms with Crippen molar-refractivity contribution in [1.82, 2.24) is 9.97 Å². The van der Waals surface area contributed by atoms with Crippen LogP contribution >= 0.6 is 10.8 Å². The van der Waals surface area contributed by atoms with Gasteiger partial charge < -0.3 is 4.74 Å². The predicted molar refractivity (Wildman–Crippen MR) is 127 cm³/mol. The van der Waals surface area contributed by atoms with Crippen LogP contribution in [0.5, 0.6) is 5.75 Å². The number of nitrogens with one attached hydrogen (secondary N) is 1. The molecule has 1 aromatic carbocycles. The monoisotopic (exact) mass is 490 g/mol. The van der Waals surface area contributed by atoms with Gasteiger partial charge in [-0.2, -0.15) is 8.42 Å². The molecule has 0 amide bonds. The number of carbonyl (C=O) groups excluding carboxylic acids is 1. The second-order valence-corrected chi connectivity index (χ2v) is 12.6. The van der Waals surface area contributed by atoms with Crippen LogP contribution < -0.4 is 9.30 Å². The summed E-state index contributed by atoms with van der Waals surface area (Å²) in [6.07, 6.45) is 1.76. The minimum atomic E-state index is -4.23. The van der Waals surface area contributed by atoms with Gasteiger partial charge in [0.05, 0.1) is 18.6 Å². The number of ether oxygens (including phenoxy) is 1. The molecule has 2 N–H and O–H groups in total. The van der Waals surface area contributed by atoms with Crippen molar-refractivity contribution >= 4 is 36.8 Å². The normalized spacial score (nSPS) is 16.9. The van der Waals surface area contributed by atoms with Crippen molar-refractivity contribution in [2.45, 2.75) is 58.1 Å². The number of benzene rings is 1. The molecule has 0 atom stereocenters. The van der Waals surface area contributed by atoms with E-state index in [9.17, 15) is 17.8 Å². The molecular weight excluding hydrogens is 462 g/mol. The van der Waals surface area contributed by atoms with Crippen molar-refractivity contribution in [2.75, 3.05) is 6.61 Å². The molecule has 0 saturated carbocycles. The van der Waals surface area contributed by atoms with E-state index in [0.29, 0.717) is 34.8 Å². The number of pyridine rings is 1. The van der Waals surface area contributed by atoms with E-state index in [1.807, 2.05) is 53.7 Å². The van der Waals surface area contributed by atoms with Crippen LogP contribution in [0.4, 0.5) is 0 Å². The van der Waals surface area contributed by atoms with Crippen LogP contribution in [0.2, 0.25) is 0 Å². The van der Waals surface area contributed by atoms with Crippen LogP contribution in [0.15, 0.2) is 24.4 Å². The maximum atomic E-state index is 13.0. The molecule has 0 bridgehead atoms. The Kier molecular flexibility index (Phi) is 5.62. The Balaban J connectivity index is 1.88. The maximum Gasteiger partial charge on any atom is 0.402 e. The first-order valence-corrected chi connectivity index (χ1v) is 13.6. The van der Waals surface area contributed by atoms with Crippen LogP contribution in [0.3, 0.4) is 0 Å². The molecule has 33 heavy (non-hydrogen) atoms. The molecule has 176 valence electrons. The quantitative estimate of drug-likeness (QED) is 0.308. The van der Waals surface area contributed by atoms with Gasteiger partial charge in [0.2, 0.25) is 0 Å². The molecule has 0 unspecified atom stereocenters. The summed E-state index contributed by atoms with van der Waals surface area (Å²) in [6, 6.07) is 5.76. The van der Waals surface area contributed by atoms with Crippen LogP contribution in [-0.2, 0) is 30.5 Å². The Morgan fingerprint density at radius 2 is 1.82 bits per heavy atom. The highest BCUT2D eigenvalue weighted by atomic mass is 33.1. The van der Waals surface area contributed by atoms with Crippen molar-refractivity contribution in [3.8, 4) is 11.7 Å². The number of ketones is 1. The van der Waals surface area contributed by atoms with E-state index in [-0.39, 0.29) is 11.5 Å². The summed E-state index contributed by atoms with van der Waals surface area (Å²) in [6.45, 7) is 12.0. The number of fused-ring (bicyclic) bond motifs is 2. The molecular formula is C23H28N3O5S2+. The first-order valence-electron chi connectivity index (χ1n) is 10.7. The van der Waals surface area contributed by atoms with Gasteiger partial charge in [0.1, 0.15) is 17.0 Å². The lowest BCUT2D eigenvalue weighted by molar-refractivity contribution is -0.610. The van der Waals surface area contributed by atoms with E-state index < -0.39 is 20.0 Å². The molecule has 0 radical (unpaired) electrons. The Bertz CT molecular complexity index is 1340. The van der Waals surface area contributed by atoms with Crippen molar-refractivity contribution in [3.63, 3.8) is 0 Å². The number of rotatable bonds is 6. The van der Waals surface area contributed by atoms with E-state index in [2.05, 4.69) is 4.98 Å². The summed E-state index contributed by atoms with van der Waals surface area (Å²) in [4.78, 5) is 21.1. The second-order valence-electron chi connectivity index (χ2n) is 9.30. The Hall–Kier alpha value is -2.43. The summed E-state index contributed by atoms with van der Waals surface area (Å²) < 4.78 is 39.5. The van der Waals surface area contributed by atoms with Crippen LogP contribution in [0.1, 0.15) is 57.0 Å². The summed E-state index contributed by atoms with van der Waals surface area (Å²) in [5.41, 5.74) is 3.64. The third-order valence-electron chi connectivity index (χ3n) is 6.43.